The van der Waals surface area contributed by atoms with Gasteiger partial charge in [0.15, 0.2) is 0 Å². The molecule has 0 unspecified atom stereocenters. The van der Waals surface area contributed by atoms with Crippen LogP contribution in [0.5, 0.6) is 5.75 Å². The van der Waals surface area contributed by atoms with Gasteiger partial charge in [0.2, 0.25) is 10.0 Å². The van der Waals surface area contributed by atoms with Gasteiger partial charge in [0.05, 0.1) is 9.92 Å². The molecule has 0 saturated heterocycles. The maximum Gasteiger partial charge on any atom is 0.242 e. The molecule has 0 aliphatic heterocycles. The summed E-state index contributed by atoms with van der Waals surface area (Å²) in [5, 5.41) is 7.17. The van der Waals surface area contributed by atoms with Crippen molar-refractivity contribution in [1.29, 1.82) is 5.41 Å². The molecule has 0 aliphatic carbocycles. The Morgan fingerprint density at radius 1 is 1.50 bits per heavy atom. The van der Waals surface area contributed by atoms with E-state index in [-0.39, 0.29) is 28.1 Å². The SMILES string of the molecule is CN(C)S(=O)(=O)c1ccc(OCC(=N)N)c(Cl)c1. The molecule has 0 fully saturated rings. The zero-order chi connectivity index (χ0) is 13.9. The molecule has 0 aliphatic rings. The quantitative estimate of drug-likeness (QED) is 0.622. The number of halogens is 1. The number of sulfonamides is 1. The van der Waals surface area contributed by atoms with E-state index in [1.54, 1.807) is 0 Å². The molecular weight excluding hydrogens is 278 g/mol. The summed E-state index contributed by atoms with van der Waals surface area (Å²) < 4.78 is 29.9. The topological polar surface area (TPSA) is 96.5 Å². The Bertz CT molecular complexity index is 557. The summed E-state index contributed by atoms with van der Waals surface area (Å²) in [6.45, 7) is -0.0977. The lowest BCUT2D eigenvalue weighted by Gasteiger charge is -2.13. The minimum Gasteiger partial charge on any atom is -0.484 e. The van der Waals surface area contributed by atoms with Gasteiger partial charge in [-0.3, -0.25) is 5.41 Å². The number of hydrogen-bond donors (Lipinski definition) is 2. The van der Waals surface area contributed by atoms with E-state index in [1.165, 1.54) is 32.3 Å². The third-order valence-corrected chi connectivity index (χ3v) is 4.17. The van der Waals surface area contributed by atoms with E-state index in [1.807, 2.05) is 0 Å². The lowest BCUT2D eigenvalue weighted by molar-refractivity contribution is 0.374. The predicted octanol–water partition coefficient (Wildman–Crippen LogP) is 0.905. The Labute approximate surface area is 111 Å². The number of amidine groups is 1. The van der Waals surface area contributed by atoms with E-state index < -0.39 is 10.0 Å². The maximum atomic E-state index is 11.8. The molecule has 18 heavy (non-hydrogen) atoms. The molecule has 0 radical (unpaired) electrons. The molecule has 0 heterocycles. The van der Waals surface area contributed by atoms with Crippen molar-refractivity contribution < 1.29 is 13.2 Å². The number of nitrogens with two attached hydrogens (primary N) is 1. The lowest BCUT2D eigenvalue weighted by atomic mass is 10.3. The Morgan fingerprint density at radius 2 is 2.11 bits per heavy atom. The van der Waals surface area contributed by atoms with Crippen LogP contribution in [-0.2, 0) is 10.0 Å². The molecule has 1 rings (SSSR count). The standard InChI is InChI=1S/C10H14ClN3O3S/c1-14(2)18(15,16)7-3-4-9(8(11)5-7)17-6-10(12)13/h3-5H,6H2,1-2H3,(H3,12,13). The summed E-state index contributed by atoms with van der Waals surface area (Å²) >= 11 is 5.90. The normalized spacial score (nSPS) is 11.6. The summed E-state index contributed by atoms with van der Waals surface area (Å²) in [5.74, 6) is 0.139. The summed E-state index contributed by atoms with van der Waals surface area (Å²) in [5.41, 5.74) is 5.14. The fraction of sp³-hybridized carbons (Fsp3) is 0.300. The van der Waals surface area contributed by atoms with Gasteiger partial charge in [-0.15, -0.1) is 0 Å². The lowest BCUT2D eigenvalue weighted by Crippen LogP contribution is -2.22. The van der Waals surface area contributed by atoms with Gasteiger partial charge >= 0.3 is 0 Å². The highest BCUT2D eigenvalue weighted by atomic mass is 35.5. The highest BCUT2D eigenvalue weighted by Gasteiger charge is 2.18. The van der Waals surface area contributed by atoms with Crippen LogP contribution in [-0.4, -0.2) is 39.3 Å². The van der Waals surface area contributed by atoms with Gasteiger partial charge in [-0.05, 0) is 18.2 Å². The molecule has 1 aromatic rings. The molecule has 6 nitrogen and oxygen atoms in total. The van der Waals surface area contributed by atoms with E-state index in [9.17, 15) is 8.42 Å². The smallest absolute Gasteiger partial charge is 0.242 e. The van der Waals surface area contributed by atoms with E-state index in [2.05, 4.69) is 0 Å². The van der Waals surface area contributed by atoms with Crippen molar-refractivity contribution >= 4 is 27.5 Å². The van der Waals surface area contributed by atoms with Gasteiger partial charge in [0, 0.05) is 14.1 Å². The first-order valence-corrected chi connectivity index (χ1v) is 6.74. The van der Waals surface area contributed by atoms with Crippen LogP contribution in [0.3, 0.4) is 0 Å². The Kier molecular flexibility index (Phi) is 4.55. The average molecular weight is 292 g/mol. The zero-order valence-corrected chi connectivity index (χ0v) is 11.5. The van der Waals surface area contributed by atoms with E-state index in [4.69, 9.17) is 27.5 Å². The first-order valence-electron chi connectivity index (χ1n) is 4.93. The van der Waals surface area contributed by atoms with Crippen molar-refractivity contribution in [3.8, 4) is 5.75 Å². The Morgan fingerprint density at radius 3 is 2.56 bits per heavy atom. The van der Waals surface area contributed by atoms with Crippen molar-refractivity contribution in [3.63, 3.8) is 0 Å². The zero-order valence-electron chi connectivity index (χ0n) is 9.97. The van der Waals surface area contributed by atoms with Crippen molar-refractivity contribution in [2.45, 2.75) is 4.90 Å². The van der Waals surface area contributed by atoms with Crippen LogP contribution in [0, 0.1) is 5.41 Å². The van der Waals surface area contributed by atoms with Crippen molar-refractivity contribution in [3.05, 3.63) is 23.2 Å². The van der Waals surface area contributed by atoms with Crippen LogP contribution in [0.4, 0.5) is 0 Å². The number of nitrogens with zero attached hydrogens (tertiary/aromatic N) is 1. The summed E-state index contributed by atoms with van der Waals surface area (Å²) in [4.78, 5) is 0.0766. The van der Waals surface area contributed by atoms with Crippen molar-refractivity contribution in [2.75, 3.05) is 20.7 Å². The minimum atomic E-state index is -3.52. The molecule has 0 aromatic heterocycles. The maximum absolute atomic E-state index is 11.8. The molecule has 3 N–H and O–H groups in total. The predicted molar refractivity (Wildman–Crippen MR) is 69.7 cm³/mol. The highest BCUT2D eigenvalue weighted by Crippen LogP contribution is 2.28. The van der Waals surface area contributed by atoms with Crippen molar-refractivity contribution in [2.24, 2.45) is 5.73 Å². The van der Waals surface area contributed by atoms with Crippen LogP contribution in [0.15, 0.2) is 23.1 Å². The number of hydrogen-bond acceptors (Lipinski definition) is 4. The summed E-state index contributed by atoms with van der Waals surface area (Å²) in [7, 11) is -0.653. The second-order valence-corrected chi connectivity index (χ2v) is 6.25. The fourth-order valence-electron chi connectivity index (χ4n) is 1.13. The van der Waals surface area contributed by atoms with Crippen LogP contribution in [0.25, 0.3) is 0 Å². The van der Waals surface area contributed by atoms with Crippen LogP contribution >= 0.6 is 11.6 Å². The third kappa shape index (κ3) is 3.34. The number of benzene rings is 1. The molecule has 0 saturated carbocycles. The Balaban J connectivity index is 3.03. The van der Waals surface area contributed by atoms with Gasteiger partial charge < -0.3 is 10.5 Å². The van der Waals surface area contributed by atoms with Gasteiger partial charge in [0.1, 0.15) is 18.2 Å². The fourth-order valence-corrected chi connectivity index (χ4v) is 2.35. The van der Waals surface area contributed by atoms with Crippen molar-refractivity contribution in [1.82, 2.24) is 4.31 Å². The monoisotopic (exact) mass is 291 g/mol. The van der Waals surface area contributed by atoms with E-state index in [0.29, 0.717) is 0 Å². The number of nitrogens with one attached hydrogen (secondary N) is 1. The van der Waals surface area contributed by atoms with E-state index in [0.717, 1.165) is 4.31 Å². The molecular formula is C10H14ClN3O3S. The Hall–Kier alpha value is -1.31. The van der Waals surface area contributed by atoms with Crippen LogP contribution in [0.2, 0.25) is 5.02 Å². The first kappa shape index (κ1) is 14.7. The summed E-state index contributed by atoms with van der Waals surface area (Å²) in [6.07, 6.45) is 0. The van der Waals surface area contributed by atoms with Gasteiger partial charge in [-0.1, -0.05) is 11.6 Å². The molecule has 0 atom stereocenters. The number of ether oxygens (including phenoxy) is 1. The van der Waals surface area contributed by atoms with Gasteiger partial charge in [-0.25, -0.2) is 12.7 Å². The second-order valence-electron chi connectivity index (χ2n) is 3.69. The molecule has 0 amide bonds. The minimum absolute atomic E-state index is 0.0766. The van der Waals surface area contributed by atoms with Gasteiger partial charge in [0.25, 0.3) is 0 Å². The molecule has 0 bridgehead atoms. The molecule has 1 aromatic carbocycles. The highest BCUT2D eigenvalue weighted by molar-refractivity contribution is 7.89. The average Bonchev–Trinajstić information content (AvgIpc) is 2.26. The molecule has 8 heteroatoms. The number of rotatable bonds is 5. The van der Waals surface area contributed by atoms with Crippen LogP contribution < -0.4 is 10.5 Å². The third-order valence-electron chi connectivity index (χ3n) is 2.07. The largest absolute Gasteiger partial charge is 0.484 e. The van der Waals surface area contributed by atoms with E-state index >= 15 is 0 Å². The summed E-state index contributed by atoms with van der Waals surface area (Å²) in [6, 6.07) is 4.12. The van der Waals surface area contributed by atoms with Crippen LogP contribution in [0.1, 0.15) is 0 Å². The molecule has 0 spiro atoms. The first-order chi connectivity index (χ1) is 8.25. The molecule has 100 valence electrons. The second kappa shape index (κ2) is 5.55. The van der Waals surface area contributed by atoms with Gasteiger partial charge in [-0.2, -0.15) is 0 Å².